The Kier molecular flexibility index (Phi) is 9.85. The molecular formula is C30H42O. The molecule has 0 atom stereocenters. The number of carbonyl (C=O) groups is 1. The smallest absolute Gasteiger partial charge is 0.163 e. The lowest BCUT2D eigenvalue weighted by atomic mass is 9.77. The van der Waals surface area contributed by atoms with E-state index in [1.807, 2.05) is 12.1 Å². The summed E-state index contributed by atoms with van der Waals surface area (Å²) in [5.41, 5.74) is 4.73. The summed E-state index contributed by atoms with van der Waals surface area (Å²) in [5, 5.41) is 0. The van der Waals surface area contributed by atoms with E-state index < -0.39 is 0 Å². The zero-order chi connectivity index (χ0) is 21.9. The van der Waals surface area contributed by atoms with E-state index in [0.717, 1.165) is 17.9 Å². The number of ketones is 1. The number of benzene rings is 2. The second-order valence-electron chi connectivity index (χ2n) is 9.74. The van der Waals surface area contributed by atoms with Gasteiger partial charge in [0.05, 0.1) is 0 Å². The molecular weight excluding hydrogens is 376 g/mol. The van der Waals surface area contributed by atoms with Crippen LogP contribution in [0.5, 0.6) is 0 Å². The van der Waals surface area contributed by atoms with Crippen LogP contribution in [-0.4, -0.2) is 5.78 Å². The van der Waals surface area contributed by atoms with Crippen LogP contribution in [0.4, 0.5) is 0 Å². The summed E-state index contributed by atoms with van der Waals surface area (Å²) in [5.74, 6) is 1.83. The maximum absolute atomic E-state index is 12.8. The Morgan fingerprint density at radius 2 is 1.26 bits per heavy atom. The minimum Gasteiger partial charge on any atom is -0.294 e. The van der Waals surface area contributed by atoms with E-state index in [1.165, 1.54) is 93.7 Å². The first kappa shape index (κ1) is 23.8. The van der Waals surface area contributed by atoms with Crippen LogP contribution < -0.4 is 0 Å². The van der Waals surface area contributed by atoms with E-state index in [-0.39, 0.29) is 0 Å². The molecule has 1 heteroatoms. The third-order valence-corrected chi connectivity index (χ3v) is 7.22. The fourth-order valence-electron chi connectivity index (χ4n) is 5.08. The highest BCUT2D eigenvalue weighted by Crippen LogP contribution is 2.34. The summed E-state index contributed by atoms with van der Waals surface area (Å²) < 4.78 is 0. The third-order valence-electron chi connectivity index (χ3n) is 7.22. The Hall–Kier alpha value is -1.89. The second-order valence-corrected chi connectivity index (χ2v) is 9.74. The Bertz CT molecular complexity index is 763. The molecule has 0 unspecified atom stereocenters. The van der Waals surface area contributed by atoms with Gasteiger partial charge in [0.25, 0.3) is 0 Å². The molecule has 0 bridgehead atoms. The molecule has 0 heterocycles. The SMILES string of the molecule is CCCCCc1ccc(-c2ccc(C(=O)CC3CCC(CCCCC)CC3)cc2)cc1. The Morgan fingerprint density at radius 1 is 0.710 bits per heavy atom. The van der Waals surface area contributed by atoms with Gasteiger partial charge in [-0.15, -0.1) is 0 Å². The Balaban J connectivity index is 1.47. The van der Waals surface area contributed by atoms with E-state index >= 15 is 0 Å². The molecule has 2 aromatic rings. The second kappa shape index (κ2) is 12.8. The summed E-state index contributed by atoms with van der Waals surface area (Å²) in [6.45, 7) is 4.53. The molecule has 3 rings (SSSR count). The summed E-state index contributed by atoms with van der Waals surface area (Å²) in [6.07, 6.45) is 16.4. The highest BCUT2D eigenvalue weighted by atomic mass is 16.1. The van der Waals surface area contributed by atoms with Gasteiger partial charge in [-0.3, -0.25) is 4.79 Å². The van der Waals surface area contributed by atoms with Gasteiger partial charge in [-0.05, 0) is 54.2 Å². The van der Waals surface area contributed by atoms with Crippen LogP contribution in [0.1, 0.15) is 107 Å². The lowest BCUT2D eigenvalue weighted by Crippen LogP contribution is -2.17. The predicted molar refractivity (Wildman–Crippen MR) is 134 cm³/mol. The monoisotopic (exact) mass is 418 g/mol. The molecule has 31 heavy (non-hydrogen) atoms. The topological polar surface area (TPSA) is 17.1 Å². The highest BCUT2D eigenvalue weighted by molar-refractivity contribution is 5.96. The van der Waals surface area contributed by atoms with Crippen molar-refractivity contribution in [2.45, 2.75) is 97.3 Å². The van der Waals surface area contributed by atoms with E-state index in [4.69, 9.17) is 0 Å². The molecule has 1 fully saturated rings. The average molecular weight is 419 g/mol. The van der Waals surface area contributed by atoms with Crippen LogP contribution in [0, 0.1) is 11.8 Å². The molecule has 0 N–H and O–H groups in total. The van der Waals surface area contributed by atoms with Crippen LogP contribution >= 0.6 is 0 Å². The molecule has 1 nitrogen and oxygen atoms in total. The van der Waals surface area contributed by atoms with Crippen LogP contribution in [0.25, 0.3) is 11.1 Å². The summed E-state index contributed by atoms with van der Waals surface area (Å²) in [7, 11) is 0. The third kappa shape index (κ3) is 7.63. The normalized spacial score (nSPS) is 18.8. The van der Waals surface area contributed by atoms with Gasteiger partial charge in [-0.2, -0.15) is 0 Å². The quantitative estimate of drug-likeness (QED) is 0.248. The number of hydrogen-bond acceptors (Lipinski definition) is 1. The first-order valence-corrected chi connectivity index (χ1v) is 12.9. The molecule has 0 amide bonds. The van der Waals surface area contributed by atoms with Gasteiger partial charge >= 0.3 is 0 Å². The van der Waals surface area contributed by atoms with Gasteiger partial charge in [0.1, 0.15) is 0 Å². The molecule has 0 aromatic heterocycles. The zero-order valence-corrected chi connectivity index (χ0v) is 19.9. The van der Waals surface area contributed by atoms with Gasteiger partial charge in [0.2, 0.25) is 0 Å². The lowest BCUT2D eigenvalue weighted by Gasteiger charge is -2.28. The summed E-state index contributed by atoms with van der Waals surface area (Å²) in [4.78, 5) is 12.8. The lowest BCUT2D eigenvalue weighted by molar-refractivity contribution is 0.0941. The Morgan fingerprint density at radius 3 is 1.87 bits per heavy atom. The van der Waals surface area contributed by atoms with E-state index in [1.54, 1.807) is 0 Å². The molecule has 1 saturated carbocycles. The van der Waals surface area contributed by atoms with Gasteiger partial charge in [0.15, 0.2) is 5.78 Å². The highest BCUT2D eigenvalue weighted by Gasteiger charge is 2.23. The predicted octanol–water partition coefficient (Wildman–Crippen LogP) is 9.05. The van der Waals surface area contributed by atoms with E-state index in [0.29, 0.717) is 11.7 Å². The van der Waals surface area contributed by atoms with Crippen molar-refractivity contribution < 1.29 is 4.79 Å². The van der Waals surface area contributed by atoms with E-state index in [9.17, 15) is 4.79 Å². The van der Waals surface area contributed by atoms with Gasteiger partial charge in [0, 0.05) is 12.0 Å². The van der Waals surface area contributed by atoms with Crippen LogP contribution in [0.2, 0.25) is 0 Å². The molecule has 2 aromatic carbocycles. The van der Waals surface area contributed by atoms with Crippen molar-refractivity contribution in [2.75, 3.05) is 0 Å². The van der Waals surface area contributed by atoms with Crippen molar-refractivity contribution in [3.63, 3.8) is 0 Å². The van der Waals surface area contributed by atoms with Gasteiger partial charge < -0.3 is 0 Å². The fourth-order valence-corrected chi connectivity index (χ4v) is 5.08. The number of rotatable bonds is 12. The Labute approximate surface area is 190 Å². The number of unbranched alkanes of at least 4 members (excludes halogenated alkanes) is 4. The molecule has 168 valence electrons. The molecule has 0 radical (unpaired) electrons. The van der Waals surface area contributed by atoms with Gasteiger partial charge in [-0.1, -0.05) is 114 Å². The van der Waals surface area contributed by atoms with Crippen molar-refractivity contribution in [1.82, 2.24) is 0 Å². The minimum atomic E-state index is 0.326. The molecule has 1 aliphatic carbocycles. The average Bonchev–Trinajstić information content (AvgIpc) is 2.81. The summed E-state index contributed by atoms with van der Waals surface area (Å²) in [6, 6.07) is 17.2. The van der Waals surface area contributed by atoms with Crippen molar-refractivity contribution in [1.29, 1.82) is 0 Å². The molecule has 0 spiro atoms. The maximum atomic E-state index is 12.8. The van der Waals surface area contributed by atoms with Crippen LogP contribution in [-0.2, 0) is 6.42 Å². The van der Waals surface area contributed by atoms with Crippen molar-refractivity contribution in [3.8, 4) is 11.1 Å². The standard InChI is InChI=1S/C30H42O/c1-3-5-7-9-24-11-13-26(14-12-24)23-30(31)29-21-19-28(20-22-29)27-17-15-25(16-18-27)10-8-6-4-2/h15-22,24,26H,3-14,23H2,1-2H3. The first-order chi connectivity index (χ1) is 15.2. The number of hydrogen-bond donors (Lipinski definition) is 0. The first-order valence-electron chi connectivity index (χ1n) is 12.9. The molecule has 1 aliphatic rings. The zero-order valence-electron chi connectivity index (χ0n) is 19.9. The van der Waals surface area contributed by atoms with Crippen molar-refractivity contribution in [2.24, 2.45) is 11.8 Å². The number of carbonyl (C=O) groups excluding carboxylic acids is 1. The van der Waals surface area contributed by atoms with Crippen molar-refractivity contribution >= 4 is 5.78 Å². The number of aryl methyl sites for hydroxylation is 1. The van der Waals surface area contributed by atoms with Crippen molar-refractivity contribution in [3.05, 3.63) is 59.7 Å². The summed E-state index contributed by atoms with van der Waals surface area (Å²) >= 11 is 0. The van der Waals surface area contributed by atoms with E-state index in [2.05, 4.69) is 50.2 Å². The minimum absolute atomic E-state index is 0.326. The van der Waals surface area contributed by atoms with Gasteiger partial charge in [-0.25, -0.2) is 0 Å². The maximum Gasteiger partial charge on any atom is 0.163 e. The van der Waals surface area contributed by atoms with Crippen LogP contribution in [0.15, 0.2) is 48.5 Å². The number of Topliss-reactive ketones (excluding diaryl/α,β-unsaturated/α-hetero) is 1. The van der Waals surface area contributed by atoms with Crippen LogP contribution in [0.3, 0.4) is 0 Å². The molecule has 0 saturated heterocycles. The molecule has 0 aliphatic heterocycles. The largest absolute Gasteiger partial charge is 0.294 e. The fraction of sp³-hybridized carbons (Fsp3) is 0.567.